The number of hydrogen-bond donors (Lipinski definition) is 2. The van der Waals surface area contributed by atoms with Gasteiger partial charge in [0, 0.05) is 17.1 Å². The van der Waals surface area contributed by atoms with Gasteiger partial charge >= 0.3 is 0 Å². The lowest BCUT2D eigenvalue weighted by atomic mass is 10.0. The predicted octanol–water partition coefficient (Wildman–Crippen LogP) is 5.39. The number of nitrogens with one attached hydrogen (secondary N) is 2. The summed E-state index contributed by atoms with van der Waals surface area (Å²) < 4.78 is 13.1. The lowest BCUT2D eigenvalue weighted by molar-refractivity contribution is -0.115. The third kappa shape index (κ3) is 4.80. The van der Waals surface area contributed by atoms with Crippen molar-refractivity contribution in [1.82, 2.24) is 0 Å². The van der Waals surface area contributed by atoms with Gasteiger partial charge in [0.2, 0.25) is 5.91 Å². The minimum Gasteiger partial charge on any atom is -0.340 e. The zero-order chi connectivity index (χ0) is 20.2. The highest BCUT2D eigenvalue weighted by atomic mass is 19.1. The van der Waals surface area contributed by atoms with E-state index in [0.717, 1.165) is 59.7 Å². The molecule has 0 bridgehead atoms. The van der Waals surface area contributed by atoms with Gasteiger partial charge in [-0.05, 0) is 85.7 Å². The SMILES string of the molecule is CC1=CCCC=C(Nc2ccc3c(c2)CC(=O)N3)N=C1CCc1ccc(F)cc1. The number of fused-ring (bicyclic) bond motifs is 1. The van der Waals surface area contributed by atoms with Crippen molar-refractivity contribution in [2.75, 3.05) is 10.6 Å². The second-order valence-electron chi connectivity index (χ2n) is 7.46. The van der Waals surface area contributed by atoms with Crippen molar-refractivity contribution in [3.63, 3.8) is 0 Å². The molecule has 2 aromatic carbocycles. The van der Waals surface area contributed by atoms with Crippen LogP contribution < -0.4 is 10.6 Å². The van der Waals surface area contributed by atoms with Crippen molar-refractivity contribution >= 4 is 23.0 Å². The number of allylic oxidation sites excluding steroid dienone is 3. The minimum atomic E-state index is -0.214. The average Bonchev–Trinajstić information content (AvgIpc) is 3.07. The summed E-state index contributed by atoms with van der Waals surface area (Å²) in [6.45, 7) is 2.10. The van der Waals surface area contributed by atoms with E-state index in [4.69, 9.17) is 4.99 Å². The number of anilines is 2. The molecule has 0 fully saturated rings. The van der Waals surface area contributed by atoms with Crippen molar-refractivity contribution in [1.29, 1.82) is 0 Å². The largest absolute Gasteiger partial charge is 0.340 e. The second kappa shape index (κ2) is 8.43. The first-order chi connectivity index (χ1) is 14.1. The standard InChI is InChI=1S/C24H24FN3O/c1-16-4-2-3-5-23(26-20-11-13-22-18(14-20)15-24(29)28-22)27-21(16)12-8-17-6-9-19(25)10-7-17/h4-7,9-11,13-14,26H,2-3,8,12,15H2,1H3,(H,28,29). The van der Waals surface area contributed by atoms with E-state index in [1.807, 2.05) is 30.3 Å². The fourth-order valence-electron chi connectivity index (χ4n) is 3.62. The van der Waals surface area contributed by atoms with Gasteiger partial charge in [-0.25, -0.2) is 9.38 Å². The number of benzene rings is 2. The molecule has 1 amide bonds. The number of amides is 1. The van der Waals surface area contributed by atoms with Crippen molar-refractivity contribution < 1.29 is 9.18 Å². The first-order valence-corrected chi connectivity index (χ1v) is 9.96. The molecule has 4 rings (SSSR count). The van der Waals surface area contributed by atoms with E-state index in [1.54, 1.807) is 0 Å². The molecule has 2 aliphatic rings. The number of halogens is 1. The van der Waals surface area contributed by atoms with Crippen LogP contribution in [-0.2, 0) is 17.6 Å². The van der Waals surface area contributed by atoms with Crippen LogP contribution in [0, 0.1) is 5.82 Å². The Morgan fingerprint density at radius 3 is 2.69 bits per heavy atom. The highest BCUT2D eigenvalue weighted by molar-refractivity contribution is 6.01. The van der Waals surface area contributed by atoms with Gasteiger partial charge in [-0.3, -0.25) is 4.79 Å². The van der Waals surface area contributed by atoms with E-state index in [2.05, 4.69) is 29.7 Å². The van der Waals surface area contributed by atoms with Gasteiger partial charge in [-0.2, -0.15) is 0 Å². The molecule has 2 aromatic rings. The molecule has 29 heavy (non-hydrogen) atoms. The Morgan fingerprint density at radius 1 is 1.07 bits per heavy atom. The molecule has 2 heterocycles. The summed E-state index contributed by atoms with van der Waals surface area (Å²) in [5.74, 6) is 0.641. The van der Waals surface area contributed by atoms with Gasteiger partial charge in [-0.1, -0.05) is 18.2 Å². The van der Waals surface area contributed by atoms with Crippen LogP contribution in [0.2, 0.25) is 0 Å². The Balaban J connectivity index is 1.51. The molecule has 0 saturated heterocycles. The van der Waals surface area contributed by atoms with E-state index in [-0.39, 0.29) is 11.7 Å². The molecule has 0 aromatic heterocycles. The van der Waals surface area contributed by atoms with Gasteiger partial charge in [0.05, 0.1) is 6.42 Å². The van der Waals surface area contributed by atoms with Crippen LogP contribution in [0.5, 0.6) is 0 Å². The number of carbonyl (C=O) groups excluding carboxylic acids is 1. The van der Waals surface area contributed by atoms with Gasteiger partial charge in [0.1, 0.15) is 11.6 Å². The number of carbonyl (C=O) groups is 1. The highest BCUT2D eigenvalue weighted by Gasteiger charge is 2.17. The lowest BCUT2D eigenvalue weighted by Crippen LogP contribution is -2.08. The van der Waals surface area contributed by atoms with Gasteiger partial charge in [0.25, 0.3) is 0 Å². The summed E-state index contributed by atoms with van der Waals surface area (Å²) in [6, 6.07) is 12.5. The summed E-state index contributed by atoms with van der Waals surface area (Å²) in [5.41, 5.74) is 6.13. The van der Waals surface area contributed by atoms with Gasteiger partial charge in [-0.15, -0.1) is 0 Å². The monoisotopic (exact) mass is 389 g/mol. The molecule has 2 aliphatic heterocycles. The summed E-state index contributed by atoms with van der Waals surface area (Å²) in [6.07, 6.45) is 8.23. The molecule has 0 radical (unpaired) electrons. The van der Waals surface area contributed by atoms with E-state index in [0.29, 0.717) is 6.42 Å². The van der Waals surface area contributed by atoms with Crippen LogP contribution in [0.15, 0.2) is 71.0 Å². The minimum absolute atomic E-state index is 0.0316. The number of rotatable bonds is 5. The molecule has 148 valence electrons. The third-order valence-corrected chi connectivity index (χ3v) is 5.23. The quantitative estimate of drug-likeness (QED) is 0.721. The number of aliphatic imine (C=N–C) groups is 1. The van der Waals surface area contributed by atoms with Crippen LogP contribution in [0.1, 0.15) is 37.3 Å². The molecule has 5 heteroatoms. The Bertz CT molecular complexity index is 1020. The van der Waals surface area contributed by atoms with Crippen molar-refractivity contribution in [2.45, 2.75) is 39.0 Å². The maximum atomic E-state index is 13.1. The summed E-state index contributed by atoms with van der Waals surface area (Å²) >= 11 is 0. The molecule has 0 aliphatic carbocycles. The Hall–Kier alpha value is -3.21. The molecule has 0 saturated carbocycles. The maximum absolute atomic E-state index is 13.1. The van der Waals surface area contributed by atoms with Crippen molar-refractivity contribution in [2.24, 2.45) is 4.99 Å². The highest BCUT2D eigenvalue weighted by Crippen LogP contribution is 2.27. The van der Waals surface area contributed by atoms with Gasteiger partial charge in [0.15, 0.2) is 0 Å². The first-order valence-electron chi connectivity index (χ1n) is 9.96. The Morgan fingerprint density at radius 2 is 1.86 bits per heavy atom. The molecule has 2 N–H and O–H groups in total. The fraction of sp³-hybridized carbons (Fsp3) is 0.250. The van der Waals surface area contributed by atoms with Crippen LogP contribution in [0.25, 0.3) is 0 Å². The zero-order valence-electron chi connectivity index (χ0n) is 16.5. The molecular weight excluding hydrogens is 365 g/mol. The second-order valence-corrected chi connectivity index (χ2v) is 7.46. The van der Waals surface area contributed by atoms with E-state index in [1.165, 1.54) is 17.7 Å². The van der Waals surface area contributed by atoms with Crippen molar-refractivity contribution in [3.05, 3.63) is 83.0 Å². The molecule has 0 spiro atoms. The third-order valence-electron chi connectivity index (χ3n) is 5.23. The average molecular weight is 389 g/mol. The van der Waals surface area contributed by atoms with Crippen LogP contribution in [0.4, 0.5) is 15.8 Å². The number of nitrogens with zero attached hydrogens (tertiary/aromatic N) is 1. The van der Waals surface area contributed by atoms with Crippen LogP contribution >= 0.6 is 0 Å². The van der Waals surface area contributed by atoms with Gasteiger partial charge < -0.3 is 10.6 Å². The molecule has 0 atom stereocenters. The Kier molecular flexibility index (Phi) is 5.56. The Labute approximate surface area is 170 Å². The van der Waals surface area contributed by atoms with Crippen LogP contribution in [-0.4, -0.2) is 11.6 Å². The van der Waals surface area contributed by atoms with E-state index < -0.39 is 0 Å². The van der Waals surface area contributed by atoms with Crippen LogP contribution in [0.3, 0.4) is 0 Å². The number of hydrogen-bond acceptors (Lipinski definition) is 3. The molecular formula is C24H24FN3O. The lowest BCUT2D eigenvalue weighted by Gasteiger charge is -2.14. The predicted molar refractivity (Wildman–Crippen MR) is 116 cm³/mol. The number of aryl methyl sites for hydroxylation is 1. The smallest absolute Gasteiger partial charge is 0.228 e. The first kappa shape index (κ1) is 19.1. The molecule has 0 unspecified atom stereocenters. The zero-order valence-corrected chi connectivity index (χ0v) is 16.5. The van der Waals surface area contributed by atoms with Crippen molar-refractivity contribution in [3.8, 4) is 0 Å². The summed E-state index contributed by atoms with van der Waals surface area (Å²) in [7, 11) is 0. The molecule has 4 nitrogen and oxygen atoms in total. The summed E-state index contributed by atoms with van der Waals surface area (Å²) in [4.78, 5) is 16.5. The van der Waals surface area contributed by atoms with E-state index in [9.17, 15) is 9.18 Å². The maximum Gasteiger partial charge on any atom is 0.228 e. The summed E-state index contributed by atoms with van der Waals surface area (Å²) in [5, 5.41) is 6.26. The topological polar surface area (TPSA) is 53.5 Å². The fourth-order valence-corrected chi connectivity index (χ4v) is 3.62. The van der Waals surface area contributed by atoms with E-state index >= 15 is 0 Å². The normalized spacial score (nSPS) is 16.1.